The number of benzene rings is 1. The number of nitrogens with two attached hydrogens (primary N) is 2. The fourth-order valence-corrected chi connectivity index (χ4v) is 0.816. The van der Waals surface area contributed by atoms with E-state index in [9.17, 15) is 0 Å². The minimum Gasteiger partial charge on any atom is -0.399 e. The molecule has 0 spiro atoms. The smallest absolute Gasteiger partial charge is 0.0344 e. The highest BCUT2D eigenvalue weighted by atomic mass is 14.6. The number of aromatic nitrogens is 1. The first-order valence-corrected chi connectivity index (χ1v) is 4.25. The molecule has 2 rings (SSSR count). The largest absolute Gasteiger partial charge is 0.399 e. The monoisotopic (exact) mass is 187 g/mol. The Morgan fingerprint density at radius 3 is 1.50 bits per heavy atom. The summed E-state index contributed by atoms with van der Waals surface area (Å²) in [5.41, 5.74) is 12.3. The average molecular weight is 187 g/mol. The summed E-state index contributed by atoms with van der Waals surface area (Å²) in [5.74, 6) is 0. The van der Waals surface area contributed by atoms with Crippen molar-refractivity contribution in [2.24, 2.45) is 0 Å². The number of anilines is 2. The van der Waals surface area contributed by atoms with Crippen molar-refractivity contribution in [3.8, 4) is 0 Å². The van der Waals surface area contributed by atoms with Crippen LogP contribution in [0.5, 0.6) is 0 Å². The molecule has 0 saturated carbocycles. The van der Waals surface area contributed by atoms with E-state index in [1.165, 1.54) is 0 Å². The molecule has 2 aromatic rings. The van der Waals surface area contributed by atoms with Crippen molar-refractivity contribution in [1.82, 2.24) is 4.98 Å². The summed E-state index contributed by atoms with van der Waals surface area (Å²) in [6, 6.07) is 13.0. The van der Waals surface area contributed by atoms with E-state index in [1.54, 1.807) is 24.5 Å². The van der Waals surface area contributed by atoms with Crippen molar-refractivity contribution < 1.29 is 0 Å². The Hall–Kier alpha value is -2.03. The SMILES string of the molecule is Nc1ccccc1.Nc1ccncc1. The first-order valence-electron chi connectivity index (χ1n) is 4.25. The number of rotatable bonds is 0. The first-order chi connectivity index (χ1) is 6.79. The second kappa shape index (κ2) is 5.59. The van der Waals surface area contributed by atoms with Gasteiger partial charge in [-0.05, 0) is 24.3 Å². The number of hydrogen-bond acceptors (Lipinski definition) is 3. The van der Waals surface area contributed by atoms with Crippen LogP contribution in [-0.4, -0.2) is 4.98 Å². The first kappa shape index (κ1) is 10.1. The zero-order valence-corrected chi connectivity index (χ0v) is 7.80. The number of pyridine rings is 1. The van der Waals surface area contributed by atoms with Gasteiger partial charge >= 0.3 is 0 Å². The summed E-state index contributed by atoms with van der Waals surface area (Å²) in [4.78, 5) is 3.77. The molecule has 3 nitrogen and oxygen atoms in total. The number of para-hydroxylation sites is 1. The van der Waals surface area contributed by atoms with E-state index in [-0.39, 0.29) is 0 Å². The molecular formula is C11H13N3. The van der Waals surface area contributed by atoms with Crippen LogP contribution in [0.3, 0.4) is 0 Å². The summed E-state index contributed by atoms with van der Waals surface area (Å²) in [5, 5.41) is 0. The van der Waals surface area contributed by atoms with Crippen LogP contribution < -0.4 is 11.5 Å². The second-order valence-corrected chi connectivity index (χ2v) is 2.69. The number of hydrogen-bond donors (Lipinski definition) is 2. The molecule has 0 aliphatic carbocycles. The van der Waals surface area contributed by atoms with Gasteiger partial charge in [0.25, 0.3) is 0 Å². The highest BCUT2D eigenvalue weighted by Gasteiger charge is 1.73. The normalized spacial score (nSPS) is 8.57. The Bertz CT molecular complexity index is 308. The van der Waals surface area contributed by atoms with Crippen LogP contribution in [0.4, 0.5) is 11.4 Å². The molecule has 0 aliphatic heterocycles. The van der Waals surface area contributed by atoms with E-state index in [2.05, 4.69) is 4.98 Å². The van der Waals surface area contributed by atoms with Crippen LogP contribution in [0.15, 0.2) is 54.9 Å². The lowest BCUT2D eigenvalue weighted by Crippen LogP contribution is -1.81. The van der Waals surface area contributed by atoms with Crippen molar-refractivity contribution in [3.63, 3.8) is 0 Å². The number of nitrogen functional groups attached to an aromatic ring is 2. The molecule has 0 atom stereocenters. The van der Waals surface area contributed by atoms with E-state index in [1.807, 2.05) is 30.3 Å². The lowest BCUT2D eigenvalue weighted by molar-refractivity contribution is 1.33. The number of nitrogens with zero attached hydrogens (tertiary/aromatic N) is 1. The zero-order valence-electron chi connectivity index (χ0n) is 7.80. The van der Waals surface area contributed by atoms with Crippen molar-refractivity contribution in [2.75, 3.05) is 11.5 Å². The van der Waals surface area contributed by atoms with Gasteiger partial charge in [-0.15, -0.1) is 0 Å². The van der Waals surface area contributed by atoms with Gasteiger partial charge in [0.2, 0.25) is 0 Å². The van der Waals surface area contributed by atoms with Crippen LogP contribution in [-0.2, 0) is 0 Å². The fraction of sp³-hybridized carbons (Fsp3) is 0. The van der Waals surface area contributed by atoms with Crippen molar-refractivity contribution in [1.29, 1.82) is 0 Å². The summed E-state index contributed by atoms with van der Waals surface area (Å²) in [6.45, 7) is 0. The predicted octanol–water partition coefficient (Wildman–Crippen LogP) is 1.93. The Morgan fingerprint density at radius 1 is 0.714 bits per heavy atom. The summed E-state index contributed by atoms with van der Waals surface area (Å²) in [6.07, 6.45) is 3.32. The highest BCUT2D eigenvalue weighted by Crippen LogP contribution is 1.96. The van der Waals surface area contributed by atoms with E-state index in [0.717, 1.165) is 11.4 Å². The Kier molecular flexibility index (Phi) is 4.01. The maximum Gasteiger partial charge on any atom is 0.0344 e. The molecule has 0 aliphatic rings. The summed E-state index contributed by atoms with van der Waals surface area (Å²) < 4.78 is 0. The van der Waals surface area contributed by atoms with Crippen LogP contribution in [0, 0.1) is 0 Å². The molecule has 0 fully saturated rings. The Balaban J connectivity index is 0.000000140. The van der Waals surface area contributed by atoms with Crippen molar-refractivity contribution in [3.05, 3.63) is 54.9 Å². The second-order valence-electron chi connectivity index (χ2n) is 2.69. The van der Waals surface area contributed by atoms with Gasteiger partial charge in [-0.25, -0.2) is 0 Å². The zero-order chi connectivity index (χ0) is 10.2. The predicted molar refractivity (Wildman–Crippen MR) is 59.5 cm³/mol. The minimum absolute atomic E-state index is 0.759. The Morgan fingerprint density at radius 2 is 1.21 bits per heavy atom. The van der Waals surface area contributed by atoms with Crippen molar-refractivity contribution >= 4 is 11.4 Å². The molecule has 1 aromatic heterocycles. The third kappa shape index (κ3) is 4.11. The summed E-state index contributed by atoms with van der Waals surface area (Å²) in [7, 11) is 0. The maximum atomic E-state index is 5.36. The lowest BCUT2D eigenvalue weighted by Gasteiger charge is -1.83. The van der Waals surface area contributed by atoms with E-state index >= 15 is 0 Å². The molecule has 0 bridgehead atoms. The third-order valence-electron chi connectivity index (χ3n) is 1.51. The molecule has 0 saturated heterocycles. The average Bonchev–Trinajstić information content (AvgIpc) is 2.21. The van der Waals surface area contributed by atoms with Crippen LogP contribution in [0.2, 0.25) is 0 Å². The fourth-order valence-electron chi connectivity index (χ4n) is 0.816. The van der Waals surface area contributed by atoms with Gasteiger partial charge in [0.1, 0.15) is 0 Å². The minimum atomic E-state index is 0.759. The van der Waals surface area contributed by atoms with Gasteiger partial charge < -0.3 is 11.5 Å². The summed E-state index contributed by atoms with van der Waals surface area (Å²) >= 11 is 0. The molecule has 14 heavy (non-hydrogen) atoms. The van der Waals surface area contributed by atoms with E-state index < -0.39 is 0 Å². The van der Waals surface area contributed by atoms with Gasteiger partial charge in [-0.1, -0.05) is 18.2 Å². The van der Waals surface area contributed by atoms with Gasteiger partial charge in [0.15, 0.2) is 0 Å². The quantitative estimate of drug-likeness (QED) is 0.619. The molecule has 0 radical (unpaired) electrons. The molecule has 0 amide bonds. The lowest BCUT2D eigenvalue weighted by atomic mass is 10.3. The molecular weight excluding hydrogens is 174 g/mol. The van der Waals surface area contributed by atoms with E-state index in [4.69, 9.17) is 11.5 Å². The van der Waals surface area contributed by atoms with Gasteiger partial charge in [-0.3, -0.25) is 4.98 Å². The van der Waals surface area contributed by atoms with Gasteiger partial charge in [0, 0.05) is 23.8 Å². The molecule has 0 unspecified atom stereocenters. The van der Waals surface area contributed by atoms with Crippen LogP contribution in [0.25, 0.3) is 0 Å². The molecule has 72 valence electrons. The molecule has 4 N–H and O–H groups in total. The highest BCUT2D eigenvalue weighted by molar-refractivity contribution is 5.36. The van der Waals surface area contributed by atoms with E-state index in [0.29, 0.717) is 0 Å². The molecule has 1 aromatic carbocycles. The third-order valence-corrected chi connectivity index (χ3v) is 1.51. The Labute approximate surface area is 83.4 Å². The van der Waals surface area contributed by atoms with Crippen LogP contribution >= 0.6 is 0 Å². The van der Waals surface area contributed by atoms with Gasteiger partial charge in [-0.2, -0.15) is 0 Å². The van der Waals surface area contributed by atoms with Crippen molar-refractivity contribution in [2.45, 2.75) is 0 Å². The molecule has 3 heteroatoms. The maximum absolute atomic E-state index is 5.36. The standard InChI is InChI=1S/C6H7N.C5H6N2/c7-6-4-2-1-3-5-6;6-5-1-3-7-4-2-5/h1-5H,7H2;1-4H,(H2,6,7). The molecule has 1 heterocycles. The van der Waals surface area contributed by atoms with Crippen LogP contribution in [0.1, 0.15) is 0 Å². The topological polar surface area (TPSA) is 64.9 Å². The van der Waals surface area contributed by atoms with Gasteiger partial charge in [0.05, 0.1) is 0 Å².